The summed E-state index contributed by atoms with van der Waals surface area (Å²) < 4.78 is 0. The first kappa shape index (κ1) is 11.2. The molecule has 18 heavy (non-hydrogen) atoms. The lowest BCUT2D eigenvalue weighted by Crippen LogP contribution is -2.26. The first-order chi connectivity index (χ1) is 8.75. The Hall–Kier alpha value is -1.90. The van der Waals surface area contributed by atoms with Crippen molar-refractivity contribution in [2.75, 3.05) is 13.1 Å². The molecule has 0 N–H and O–H groups in total. The highest BCUT2D eigenvalue weighted by atomic mass is 16.2. The number of hydrogen-bond donors (Lipinski definition) is 0. The van der Waals surface area contributed by atoms with Crippen LogP contribution in [-0.2, 0) is 11.2 Å². The van der Waals surface area contributed by atoms with Crippen molar-refractivity contribution in [3.63, 3.8) is 0 Å². The van der Waals surface area contributed by atoms with Gasteiger partial charge in [-0.1, -0.05) is 24.3 Å². The van der Waals surface area contributed by atoms with Gasteiger partial charge in [0.2, 0.25) is 5.91 Å². The molecular formula is C15H15NO2. The Balaban J connectivity index is 1.83. The van der Waals surface area contributed by atoms with E-state index in [1.807, 2.05) is 29.2 Å². The molecule has 1 aromatic carbocycles. The Morgan fingerprint density at radius 3 is 2.61 bits per heavy atom. The lowest BCUT2D eigenvalue weighted by Gasteiger charge is -2.12. The highest BCUT2D eigenvalue weighted by molar-refractivity contribution is 6.15. The molecule has 0 spiro atoms. The minimum atomic E-state index is -0.0105. The fraction of sp³-hybridized carbons (Fsp3) is 0.333. The van der Waals surface area contributed by atoms with Gasteiger partial charge in [0.25, 0.3) is 0 Å². The average Bonchev–Trinajstić information content (AvgIpc) is 3.00. The molecule has 0 saturated carbocycles. The zero-order valence-corrected chi connectivity index (χ0v) is 10.2. The molecule has 1 aliphatic heterocycles. The van der Waals surface area contributed by atoms with Crippen LogP contribution in [0.5, 0.6) is 0 Å². The second-order valence-electron chi connectivity index (χ2n) is 4.87. The number of ketones is 1. The van der Waals surface area contributed by atoms with Crippen LogP contribution in [0.3, 0.4) is 0 Å². The third-order valence-electron chi connectivity index (χ3n) is 3.65. The lowest BCUT2D eigenvalue weighted by molar-refractivity contribution is -0.125. The molecule has 0 unspecified atom stereocenters. The van der Waals surface area contributed by atoms with Crippen molar-refractivity contribution in [1.29, 1.82) is 0 Å². The summed E-state index contributed by atoms with van der Waals surface area (Å²) in [6, 6.07) is 7.58. The Kier molecular flexibility index (Phi) is 2.74. The highest BCUT2D eigenvalue weighted by Gasteiger charge is 2.26. The number of Topliss-reactive ketones (excluding diaryl/α,β-unsaturated/α-hetero) is 1. The maximum Gasteiger partial charge on any atom is 0.246 e. The molecule has 3 nitrogen and oxygen atoms in total. The van der Waals surface area contributed by atoms with E-state index in [2.05, 4.69) is 0 Å². The Bertz CT molecular complexity index is 539. The van der Waals surface area contributed by atoms with Crippen LogP contribution >= 0.6 is 0 Å². The van der Waals surface area contributed by atoms with E-state index >= 15 is 0 Å². The van der Waals surface area contributed by atoms with Crippen molar-refractivity contribution in [2.24, 2.45) is 0 Å². The van der Waals surface area contributed by atoms with E-state index in [0.717, 1.165) is 37.1 Å². The second-order valence-corrected chi connectivity index (χ2v) is 4.87. The molecule has 2 aliphatic rings. The van der Waals surface area contributed by atoms with Crippen molar-refractivity contribution in [1.82, 2.24) is 4.90 Å². The Morgan fingerprint density at radius 2 is 1.89 bits per heavy atom. The number of fused-ring (bicyclic) bond motifs is 1. The number of likely N-dealkylation sites (tertiary alicyclic amines) is 1. The second kappa shape index (κ2) is 4.41. The third kappa shape index (κ3) is 1.86. The lowest BCUT2D eigenvalue weighted by atomic mass is 10.1. The Labute approximate surface area is 106 Å². The molecule has 0 atom stereocenters. The summed E-state index contributed by atoms with van der Waals surface area (Å²) in [4.78, 5) is 25.9. The molecule has 0 radical (unpaired) electrons. The first-order valence-corrected chi connectivity index (χ1v) is 6.38. The summed E-state index contributed by atoms with van der Waals surface area (Å²) in [6.45, 7) is 1.65. The topological polar surface area (TPSA) is 37.4 Å². The number of nitrogens with zero attached hydrogens (tertiary/aromatic N) is 1. The summed E-state index contributed by atoms with van der Waals surface area (Å²) >= 11 is 0. The van der Waals surface area contributed by atoms with Crippen molar-refractivity contribution < 1.29 is 9.59 Å². The maximum absolute atomic E-state index is 12.1. The number of rotatable bonds is 1. The normalized spacial score (nSPS) is 20.6. The van der Waals surface area contributed by atoms with Crippen molar-refractivity contribution in [2.45, 2.75) is 19.3 Å². The molecule has 1 saturated heterocycles. The fourth-order valence-electron chi connectivity index (χ4n) is 2.65. The van der Waals surface area contributed by atoms with Gasteiger partial charge in [0.15, 0.2) is 5.78 Å². The number of allylic oxidation sites excluding steroid dienone is 1. The van der Waals surface area contributed by atoms with Gasteiger partial charge in [-0.25, -0.2) is 0 Å². The maximum atomic E-state index is 12.1. The minimum Gasteiger partial charge on any atom is -0.339 e. The number of carbonyl (C=O) groups is 2. The van der Waals surface area contributed by atoms with Crippen LogP contribution in [-0.4, -0.2) is 29.7 Å². The molecule has 1 heterocycles. The quantitative estimate of drug-likeness (QED) is 0.705. The van der Waals surface area contributed by atoms with E-state index in [1.54, 1.807) is 0 Å². The zero-order valence-electron chi connectivity index (χ0n) is 10.2. The molecule has 0 bridgehead atoms. The molecule has 3 rings (SSSR count). The van der Waals surface area contributed by atoms with Crippen LogP contribution in [0, 0.1) is 0 Å². The molecule has 1 fully saturated rings. The van der Waals surface area contributed by atoms with Gasteiger partial charge in [-0.3, -0.25) is 9.59 Å². The van der Waals surface area contributed by atoms with E-state index in [1.165, 1.54) is 6.08 Å². The number of hydrogen-bond acceptors (Lipinski definition) is 2. The van der Waals surface area contributed by atoms with Crippen LogP contribution in [0.2, 0.25) is 0 Å². The molecule has 1 aliphatic carbocycles. The molecule has 92 valence electrons. The standard InChI is InChI=1S/C15H15NO2/c17-14(16-7-3-4-8-16)10-12-9-11-5-1-2-6-13(11)15(12)18/h1-2,5-6,10H,3-4,7-9H2/b12-10+. The average molecular weight is 241 g/mol. The first-order valence-electron chi connectivity index (χ1n) is 6.38. The summed E-state index contributed by atoms with van der Waals surface area (Å²) in [5.74, 6) is 0.00167. The van der Waals surface area contributed by atoms with Gasteiger partial charge in [0.1, 0.15) is 0 Å². The van der Waals surface area contributed by atoms with Gasteiger partial charge in [0.05, 0.1) is 0 Å². The predicted molar refractivity (Wildman–Crippen MR) is 68.4 cm³/mol. The summed E-state index contributed by atoms with van der Waals surface area (Å²) in [5.41, 5.74) is 2.41. The van der Waals surface area contributed by atoms with E-state index in [0.29, 0.717) is 12.0 Å². The van der Waals surface area contributed by atoms with Gasteiger partial charge >= 0.3 is 0 Å². The summed E-state index contributed by atoms with van der Waals surface area (Å²) in [7, 11) is 0. The SMILES string of the molecule is O=C1/C(=C/C(=O)N2CCCC2)Cc2ccccc21. The summed E-state index contributed by atoms with van der Waals surface area (Å²) in [6.07, 6.45) is 4.27. The van der Waals surface area contributed by atoms with Crippen LogP contribution in [0.1, 0.15) is 28.8 Å². The van der Waals surface area contributed by atoms with Gasteiger partial charge in [-0.2, -0.15) is 0 Å². The molecule has 3 heteroatoms. The minimum absolute atomic E-state index is 0.0105. The van der Waals surface area contributed by atoms with Crippen molar-refractivity contribution in [3.05, 3.63) is 47.0 Å². The van der Waals surface area contributed by atoms with Gasteiger partial charge in [-0.15, -0.1) is 0 Å². The van der Waals surface area contributed by atoms with Crippen LogP contribution in [0.4, 0.5) is 0 Å². The van der Waals surface area contributed by atoms with Crippen LogP contribution in [0.25, 0.3) is 0 Å². The van der Waals surface area contributed by atoms with Crippen LogP contribution in [0.15, 0.2) is 35.9 Å². The van der Waals surface area contributed by atoms with Crippen molar-refractivity contribution >= 4 is 11.7 Å². The smallest absolute Gasteiger partial charge is 0.246 e. The molecule has 1 amide bonds. The fourth-order valence-corrected chi connectivity index (χ4v) is 2.65. The van der Waals surface area contributed by atoms with E-state index in [4.69, 9.17) is 0 Å². The molecular weight excluding hydrogens is 226 g/mol. The zero-order chi connectivity index (χ0) is 12.5. The molecule has 1 aromatic rings. The van der Waals surface area contributed by atoms with E-state index < -0.39 is 0 Å². The van der Waals surface area contributed by atoms with Crippen molar-refractivity contribution in [3.8, 4) is 0 Å². The van der Waals surface area contributed by atoms with Gasteiger partial charge in [-0.05, 0) is 18.4 Å². The predicted octanol–water partition coefficient (Wildman–Crippen LogP) is 1.97. The largest absolute Gasteiger partial charge is 0.339 e. The number of benzene rings is 1. The monoisotopic (exact) mass is 241 g/mol. The number of carbonyl (C=O) groups excluding carboxylic acids is 2. The third-order valence-corrected chi connectivity index (χ3v) is 3.65. The van der Waals surface area contributed by atoms with Gasteiger partial charge < -0.3 is 4.90 Å². The van der Waals surface area contributed by atoms with Crippen LogP contribution < -0.4 is 0 Å². The molecule has 0 aromatic heterocycles. The highest BCUT2D eigenvalue weighted by Crippen LogP contribution is 2.26. The van der Waals surface area contributed by atoms with E-state index in [-0.39, 0.29) is 11.7 Å². The Morgan fingerprint density at radius 1 is 1.17 bits per heavy atom. The van der Waals surface area contributed by atoms with E-state index in [9.17, 15) is 9.59 Å². The summed E-state index contributed by atoms with van der Waals surface area (Å²) in [5, 5.41) is 0. The van der Waals surface area contributed by atoms with Gasteiger partial charge in [0, 0.05) is 36.7 Å². The number of amides is 1.